The molecule has 2 fully saturated rings. The highest BCUT2D eigenvalue weighted by atomic mass is 15.1. The van der Waals surface area contributed by atoms with Gasteiger partial charge in [0, 0.05) is 12.6 Å². The van der Waals surface area contributed by atoms with Gasteiger partial charge in [-0.2, -0.15) is 0 Å². The van der Waals surface area contributed by atoms with Crippen molar-refractivity contribution in [1.82, 2.24) is 10.2 Å². The fourth-order valence-electron chi connectivity index (χ4n) is 3.11. The van der Waals surface area contributed by atoms with Crippen LogP contribution in [0.1, 0.15) is 39.0 Å². The molecule has 1 aliphatic carbocycles. The third kappa shape index (κ3) is 3.18. The Morgan fingerprint density at radius 3 is 2.47 bits per heavy atom. The molecule has 0 amide bonds. The summed E-state index contributed by atoms with van der Waals surface area (Å²) in [6.45, 7) is 6.46. The Morgan fingerprint density at radius 2 is 1.87 bits per heavy atom. The summed E-state index contributed by atoms with van der Waals surface area (Å²) >= 11 is 0. The lowest BCUT2D eigenvalue weighted by molar-refractivity contribution is 0.167. The standard InChI is InChI=1S/C13H26N2/c1-11-5-7-15(8-6-11)10-12-3-4-13(9-12)14-2/h11-14H,3-10H2,1-2H3. The van der Waals surface area contributed by atoms with Gasteiger partial charge < -0.3 is 10.2 Å². The molecule has 88 valence electrons. The molecule has 0 aromatic rings. The van der Waals surface area contributed by atoms with Crippen molar-refractivity contribution in [2.75, 3.05) is 26.7 Å². The van der Waals surface area contributed by atoms with E-state index in [1.54, 1.807) is 0 Å². The van der Waals surface area contributed by atoms with Gasteiger partial charge in [0.2, 0.25) is 0 Å². The van der Waals surface area contributed by atoms with Crippen LogP contribution in [0.5, 0.6) is 0 Å². The Morgan fingerprint density at radius 1 is 1.13 bits per heavy atom. The first-order valence-corrected chi connectivity index (χ1v) is 6.67. The van der Waals surface area contributed by atoms with E-state index in [1.165, 1.54) is 51.7 Å². The zero-order chi connectivity index (χ0) is 10.7. The summed E-state index contributed by atoms with van der Waals surface area (Å²) in [6.07, 6.45) is 7.08. The van der Waals surface area contributed by atoms with Crippen LogP contribution < -0.4 is 5.32 Å². The molecule has 2 rings (SSSR count). The van der Waals surface area contributed by atoms with Crippen molar-refractivity contribution >= 4 is 0 Å². The van der Waals surface area contributed by atoms with Crippen LogP contribution in [0, 0.1) is 11.8 Å². The normalized spacial score (nSPS) is 34.8. The Kier molecular flexibility index (Phi) is 4.04. The molecule has 2 heteroatoms. The van der Waals surface area contributed by atoms with E-state index in [-0.39, 0.29) is 0 Å². The molecule has 2 atom stereocenters. The van der Waals surface area contributed by atoms with E-state index in [2.05, 4.69) is 24.2 Å². The van der Waals surface area contributed by atoms with Gasteiger partial charge in [-0.25, -0.2) is 0 Å². The molecule has 1 saturated carbocycles. The summed E-state index contributed by atoms with van der Waals surface area (Å²) in [5, 5.41) is 3.42. The Balaban J connectivity index is 1.69. The zero-order valence-corrected chi connectivity index (χ0v) is 10.3. The summed E-state index contributed by atoms with van der Waals surface area (Å²) in [4.78, 5) is 2.70. The predicted molar refractivity (Wildman–Crippen MR) is 65.0 cm³/mol. The van der Waals surface area contributed by atoms with E-state index in [1.807, 2.05) is 0 Å². The SMILES string of the molecule is CNC1CCC(CN2CCC(C)CC2)C1. The predicted octanol–water partition coefficient (Wildman–Crippen LogP) is 2.11. The van der Waals surface area contributed by atoms with Crippen molar-refractivity contribution < 1.29 is 0 Å². The number of hydrogen-bond acceptors (Lipinski definition) is 2. The summed E-state index contributed by atoms with van der Waals surface area (Å²) in [6, 6.07) is 0.804. The van der Waals surface area contributed by atoms with Crippen LogP contribution >= 0.6 is 0 Å². The molecule has 0 bridgehead atoms. The first-order chi connectivity index (χ1) is 7.28. The maximum Gasteiger partial charge on any atom is 0.00672 e. The van der Waals surface area contributed by atoms with Crippen LogP contribution in [-0.2, 0) is 0 Å². The highest BCUT2D eigenvalue weighted by Gasteiger charge is 2.26. The van der Waals surface area contributed by atoms with Crippen LogP contribution in [0.2, 0.25) is 0 Å². The molecule has 2 nitrogen and oxygen atoms in total. The molecular formula is C13H26N2. The Bertz CT molecular complexity index is 185. The fraction of sp³-hybridized carbons (Fsp3) is 1.00. The molecule has 2 unspecified atom stereocenters. The Hall–Kier alpha value is -0.0800. The molecule has 0 aromatic carbocycles. The minimum atomic E-state index is 0.804. The van der Waals surface area contributed by atoms with Gasteiger partial charge in [-0.05, 0) is 64.1 Å². The second-order valence-electron chi connectivity index (χ2n) is 5.65. The highest BCUT2D eigenvalue weighted by Crippen LogP contribution is 2.27. The third-order valence-corrected chi connectivity index (χ3v) is 4.34. The molecule has 1 saturated heterocycles. The molecule has 1 aliphatic heterocycles. The highest BCUT2D eigenvalue weighted by molar-refractivity contribution is 4.82. The van der Waals surface area contributed by atoms with Crippen LogP contribution in [0.25, 0.3) is 0 Å². The van der Waals surface area contributed by atoms with Crippen molar-refractivity contribution in [3.63, 3.8) is 0 Å². The number of hydrogen-bond donors (Lipinski definition) is 1. The van der Waals surface area contributed by atoms with Crippen molar-refractivity contribution in [2.24, 2.45) is 11.8 Å². The number of nitrogens with one attached hydrogen (secondary N) is 1. The number of nitrogens with zero attached hydrogens (tertiary/aromatic N) is 1. The smallest absolute Gasteiger partial charge is 0.00672 e. The van der Waals surface area contributed by atoms with E-state index in [0.29, 0.717) is 0 Å². The molecule has 2 aliphatic rings. The lowest BCUT2D eigenvalue weighted by atomic mass is 9.97. The second kappa shape index (κ2) is 5.31. The first-order valence-electron chi connectivity index (χ1n) is 6.67. The van der Waals surface area contributed by atoms with Gasteiger partial charge >= 0.3 is 0 Å². The lowest BCUT2D eigenvalue weighted by Crippen LogP contribution is -2.36. The maximum atomic E-state index is 3.42. The van der Waals surface area contributed by atoms with Gasteiger partial charge in [0.05, 0.1) is 0 Å². The summed E-state index contributed by atoms with van der Waals surface area (Å²) in [5.41, 5.74) is 0. The average Bonchev–Trinajstić information content (AvgIpc) is 2.69. The van der Waals surface area contributed by atoms with Gasteiger partial charge in [-0.3, -0.25) is 0 Å². The number of rotatable bonds is 3. The lowest BCUT2D eigenvalue weighted by Gasteiger charge is -2.32. The summed E-state index contributed by atoms with van der Waals surface area (Å²) in [5.74, 6) is 1.94. The van der Waals surface area contributed by atoms with Gasteiger partial charge in [0.15, 0.2) is 0 Å². The molecule has 1 heterocycles. The first kappa shape index (κ1) is 11.4. The van der Waals surface area contributed by atoms with E-state index >= 15 is 0 Å². The quantitative estimate of drug-likeness (QED) is 0.767. The van der Waals surface area contributed by atoms with Crippen molar-refractivity contribution in [1.29, 1.82) is 0 Å². The van der Waals surface area contributed by atoms with Crippen LogP contribution in [0.4, 0.5) is 0 Å². The Labute approximate surface area is 94.4 Å². The van der Waals surface area contributed by atoms with Gasteiger partial charge in [-0.1, -0.05) is 6.92 Å². The maximum absolute atomic E-state index is 3.42. The monoisotopic (exact) mass is 210 g/mol. The van der Waals surface area contributed by atoms with E-state index in [4.69, 9.17) is 0 Å². The molecule has 1 N–H and O–H groups in total. The van der Waals surface area contributed by atoms with Crippen molar-refractivity contribution in [3.05, 3.63) is 0 Å². The van der Waals surface area contributed by atoms with Crippen LogP contribution in [0.15, 0.2) is 0 Å². The van der Waals surface area contributed by atoms with Gasteiger partial charge in [0.25, 0.3) is 0 Å². The van der Waals surface area contributed by atoms with Crippen molar-refractivity contribution in [2.45, 2.75) is 45.1 Å². The minimum absolute atomic E-state index is 0.804. The molecule has 0 aromatic heterocycles. The number of likely N-dealkylation sites (tertiary alicyclic amines) is 1. The number of piperidine rings is 1. The van der Waals surface area contributed by atoms with Crippen molar-refractivity contribution in [3.8, 4) is 0 Å². The molecule has 15 heavy (non-hydrogen) atoms. The third-order valence-electron chi connectivity index (χ3n) is 4.34. The van der Waals surface area contributed by atoms with Crippen LogP contribution in [0.3, 0.4) is 0 Å². The second-order valence-corrected chi connectivity index (χ2v) is 5.65. The summed E-state index contributed by atoms with van der Waals surface area (Å²) in [7, 11) is 2.11. The fourth-order valence-corrected chi connectivity index (χ4v) is 3.11. The van der Waals surface area contributed by atoms with E-state index in [0.717, 1.165) is 17.9 Å². The molecular weight excluding hydrogens is 184 g/mol. The molecule has 0 spiro atoms. The van der Waals surface area contributed by atoms with Gasteiger partial charge in [0.1, 0.15) is 0 Å². The van der Waals surface area contributed by atoms with E-state index in [9.17, 15) is 0 Å². The minimum Gasteiger partial charge on any atom is -0.317 e. The largest absolute Gasteiger partial charge is 0.317 e. The topological polar surface area (TPSA) is 15.3 Å². The summed E-state index contributed by atoms with van der Waals surface area (Å²) < 4.78 is 0. The van der Waals surface area contributed by atoms with E-state index < -0.39 is 0 Å². The van der Waals surface area contributed by atoms with Crippen LogP contribution in [-0.4, -0.2) is 37.6 Å². The van der Waals surface area contributed by atoms with Gasteiger partial charge in [-0.15, -0.1) is 0 Å². The average molecular weight is 210 g/mol. The zero-order valence-electron chi connectivity index (χ0n) is 10.3. The molecule has 0 radical (unpaired) electrons.